The minimum atomic E-state index is -1.11. The fourth-order valence-electron chi connectivity index (χ4n) is 2.06. The molecule has 0 bridgehead atoms. The van der Waals surface area contributed by atoms with Crippen LogP contribution in [0.4, 0.5) is 8.78 Å². The smallest absolute Gasteiger partial charge is 0.266 e. The molecule has 25 heavy (non-hydrogen) atoms. The molecule has 10 heteroatoms. The summed E-state index contributed by atoms with van der Waals surface area (Å²) in [5.74, 6) is -2.33. The molecule has 1 aromatic carbocycles. The summed E-state index contributed by atoms with van der Waals surface area (Å²) in [4.78, 5) is 27.5. The van der Waals surface area contributed by atoms with Crippen LogP contribution in [0.25, 0.3) is 5.82 Å². The SMILES string of the molecule is O=C(NCCn1nc(-n2cncn2)ccc1=O)c1ccc(F)c(F)c1. The summed E-state index contributed by atoms with van der Waals surface area (Å²) in [7, 11) is 0. The number of benzene rings is 1. The molecule has 128 valence electrons. The molecule has 0 unspecified atom stereocenters. The van der Waals surface area contributed by atoms with E-state index in [0.717, 1.165) is 16.8 Å². The molecular weight excluding hydrogens is 334 g/mol. The highest BCUT2D eigenvalue weighted by atomic mass is 19.2. The monoisotopic (exact) mass is 346 g/mol. The van der Waals surface area contributed by atoms with Gasteiger partial charge in [-0.1, -0.05) is 0 Å². The van der Waals surface area contributed by atoms with Crippen LogP contribution < -0.4 is 10.9 Å². The molecule has 2 heterocycles. The van der Waals surface area contributed by atoms with Gasteiger partial charge in [0.05, 0.1) is 6.54 Å². The maximum Gasteiger partial charge on any atom is 0.266 e. The van der Waals surface area contributed by atoms with Gasteiger partial charge in [0.2, 0.25) is 0 Å². The van der Waals surface area contributed by atoms with Crippen LogP contribution in [-0.4, -0.2) is 37.0 Å². The van der Waals surface area contributed by atoms with Crippen LogP contribution in [0.3, 0.4) is 0 Å². The van der Waals surface area contributed by atoms with Gasteiger partial charge < -0.3 is 5.32 Å². The summed E-state index contributed by atoms with van der Waals surface area (Å²) in [5.41, 5.74) is -0.374. The maximum absolute atomic E-state index is 13.1. The first-order valence-electron chi connectivity index (χ1n) is 7.21. The Morgan fingerprint density at radius 1 is 1.16 bits per heavy atom. The molecule has 0 spiro atoms. The zero-order valence-electron chi connectivity index (χ0n) is 12.8. The number of carbonyl (C=O) groups excluding carboxylic acids is 1. The zero-order valence-corrected chi connectivity index (χ0v) is 12.8. The largest absolute Gasteiger partial charge is 0.350 e. The number of hydrogen-bond acceptors (Lipinski definition) is 5. The highest BCUT2D eigenvalue weighted by molar-refractivity contribution is 5.94. The molecule has 0 aliphatic rings. The maximum atomic E-state index is 13.1. The van der Waals surface area contributed by atoms with E-state index < -0.39 is 17.5 Å². The number of nitrogens with one attached hydrogen (secondary N) is 1. The van der Waals surface area contributed by atoms with Crippen molar-refractivity contribution in [3.63, 3.8) is 0 Å². The average molecular weight is 346 g/mol. The highest BCUT2D eigenvalue weighted by Gasteiger charge is 2.10. The first kappa shape index (κ1) is 16.4. The van der Waals surface area contributed by atoms with Crippen LogP contribution in [0.2, 0.25) is 0 Å². The minimum absolute atomic E-state index is 0.0180. The van der Waals surface area contributed by atoms with E-state index in [-0.39, 0.29) is 24.2 Å². The van der Waals surface area contributed by atoms with Crippen molar-refractivity contribution in [3.05, 3.63) is 70.5 Å². The lowest BCUT2D eigenvalue weighted by Gasteiger charge is -2.08. The Morgan fingerprint density at radius 2 is 2.00 bits per heavy atom. The van der Waals surface area contributed by atoms with Crippen LogP contribution in [-0.2, 0) is 6.54 Å². The van der Waals surface area contributed by atoms with E-state index in [1.807, 2.05) is 0 Å². The molecule has 3 rings (SSSR count). The van der Waals surface area contributed by atoms with Crippen molar-refractivity contribution in [2.45, 2.75) is 6.54 Å². The number of halogens is 2. The minimum Gasteiger partial charge on any atom is -0.350 e. The molecule has 0 radical (unpaired) electrons. The molecule has 8 nitrogen and oxygen atoms in total. The molecule has 0 fully saturated rings. The fraction of sp³-hybridized carbons (Fsp3) is 0.133. The predicted molar refractivity (Wildman–Crippen MR) is 82.1 cm³/mol. The lowest BCUT2D eigenvalue weighted by Crippen LogP contribution is -2.32. The van der Waals surface area contributed by atoms with Crippen LogP contribution in [0.1, 0.15) is 10.4 Å². The van der Waals surface area contributed by atoms with Crippen molar-refractivity contribution in [3.8, 4) is 5.82 Å². The summed E-state index contributed by atoms with van der Waals surface area (Å²) < 4.78 is 28.5. The lowest BCUT2D eigenvalue weighted by molar-refractivity contribution is 0.0951. The third-order valence-electron chi connectivity index (χ3n) is 3.30. The molecule has 1 amide bonds. The number of hydrogen-bond donors (Lipinski definition) is 1. The van der Waals surface area contributed by atoms with E-state index in [0.29, 0.717) is 5.82 Å². The van der Waals surface area contributed by atoms with Gasteiger partial charge in [-0.2, -0.15) is 5.10 Å². The van der Waals surface area contributed by atoms with Crippen molar-refractivity contribution >= 4 is 5.91 Å². The van der Waals surface area contributed by atoms with E-state index in [9.17, 15) is 18.4 Å². The number of amides is 1. The zero-order chi connectivity index (χ0) is 17.8. The molecule has 1 N–H and O–H groups in total. The Kier molecular flexibility index (Phi) is 4.59. The molecule has 0 saturated carbocycles. The number of rotatable bonds is 5. The summed E-state index contributed by atoms with van der Waals surface area (Å²) in [6.07, 6.45) is 2.77. The molecule has 0 aliphatic heterocycles. The predicted octanol–water partition coefficient (Wildman–Crippen LogP) is 0.532. The molecule has 0 atom stereocenters. The van der Waals surface area contributed by atoms with Gasteiger partial charge >= 0.3 is 0 Å². The molecular formula is C15H12F2N6O2. The van der Waals surface area contributed by atoms with Crippen LogP contribution >= 0.6 is 0 Å². The Balaban J connectivity index is 1.65. The van der Waals surface area contributed by atoms with Crippen LogP contribution in [0, 0.1) is 11.6 Å². The van der Waals surface area contributed by atoms with Crippen LogP contribution in [0.15, 0.2) is 47.8 Å². The second-order valence-corrected chi connectivity index (χ2v) is 4.98. The quantitative estimate of drug-likeness (QED) is 0.727. The second kappa shape index (κ2) is 6.99. The summed E-state index contributed by atoms with van der Waals surface area (Å²) in [6.45, 7) is 0.169. The summed E-state index contributed by atoms with van der Waals surface area (Å²) >= 11 is 0. The first-order chi connectivity index (χ1) is 12.0. The van der Waals surface area contributed by atoms with Crippen molar-refractivity contribution < 1.29 is 13.6 Å². The number of nitrogens with zero attached hydrogens (tertiary/aromatic N) is 5. The van der Waals surface area contributed by atoms with Crippen molar-refractivity contribution in [2.24, 2.45) is 0 Å². The Hall–Kier alpha value is -3.43. The lowest BCUT2D eigenvalue weighted by atomic mass is 10.2. The summed E-state index contributed by atoms with van der Waals surface area (Å²) in [5, 5.41) is 10.5. The van der Waals surface area contributed by atoms with Gasteiger partial charge in [0.1, 0.15) is 12.7 Å². The van der Waals surface area contributed by atoms with E-state index in [4.69, 9.17) is 0 Å². The van der Waals surface area contributed by atoms with Crippen molar-refractivity contribution in [1.82, 2.24) is 29.9 Å². The van der Waals surface area contributed by atoms with Gasteiger partial charge in [0.15, 0.2) is 17.5 Å². The third-order valence-corrected chi connectivity index (χ3v) is 3.30. The average Bonchev–Trinajstić information content (AvgIpc) is 3.13. The van der Waals surface area contributed by atoms with Gasteiger partial charge in [-0.15, -0.1) is 5.10 Å². The number of carbonyl (C=O) groups is 1. The van der Waals surface area contributed by atoms with E-state index >= 15 is 0 Å². The summed E-state index contributed by atoms with van der Waals surface area (Å²) in [6, 6.07) is 5.66. The Bertz CT molecular complexity index is 955. The molecule has 0 aliphatic carbocycles. The van der Waals surface area contributed by atoms with E-state index in [1.54, 1.807) is 0 Å². The van der Waals surface area contributed by atoms with E-state index in [1.165, 1.54) is 35.5 Å². The van der Waals surface area contributed by atoms with Gasteiger partial charge in [-0.3, -0.25) is 9.59 Å². The Morgan fingerprint density at radius 3 is 2.72 bits per heavy atom. The number of aromatic nitrogens is 5. The topological polar surface area (TPSA) is 94.7 Å². The normalized spacial score (nSPS) is 10.6. The highest BCUT2D eigenvalue weighted by Crippen LogP contribution is 2.08. The van der Waals surface area contributed by atoms with Crippen molar-refractivity contribution in [1.29, 1.82) is 0 Å². The van der Waals surface area contributed by atoms with Gasteiger partial charge in [0, 0.05) is 18.2 Å². The van der Waals surface area contributed by atoms with Gasteiger partial charge in [-0.25, -0.2) is 23.1 Å². The van der Waals surface area contributed by atoms with Crippen molar-refractivity contribution in [2.75, 3.05) is 6.54 Å². The van der Waals surface area contributed by atoms with Crippen LogP contribution in [0.5, 0.6) is 0 Å². The third kappa shape index (κ3) is 3.74. The fourth-order valence-corrected chi connectivity index (χ4v) is 2.06. The second-order valence-electron chi connectivity index (χ2n) is 4.98. The first-order valence-corrected chi connectivity index (χ1v) is 7.21. The van der Waals surface area contributed by atoms with Gasteiger partial charge in [0.25, 0.3) is 11.5 Å². The molecule has 0 saturated heterocycles. The Labute approximate surface area is 139 Å². The van der Waals surface area contributed by atoms with Gasteiger partial charge in [-0.05, 0) is 24.3 Å². The standard InChI is InChI=1S/C15H12F2N6O2/c16-11-2-1-10(7-12(11)17)15(25)19-5-6-22-14(24)4-3-13(21-22)23-9-18-8-20-23/h1-4,7-9H,5-6H2,(H,19,25). The molecule has 3 aromatic rings. The molecule has 2 aromatic heterocycles. The van der Waals surface area contributed by atoms with E-state index in [2.05, 4.69) is 20.5 Å².